The molecule has 1 atom stereocenters. The normalized spacial score (nSPS) is 12.2. The minimum Gasteiger partial charge on any atom is -0.496 e. The van der Waals surface area contributed by atoms with Crippen LogP contribution in [0.5, 0.6) is 11.5 Å². The van der Waals surface area contributed by atoms with Crippen LogP contribution in [-0.4, -0.2) is 7.11 Å². The van der Waals surface area contributed by atoms with Gasteiger partial charge in [0, 0.05) is 6.04 Å². The molecule has 0 radical (unpaired) electrons. The Morgan fingerprint density at radius 3 is 2.61 bits per heavy atom. The zero-order chi connectivity index (χ0) is 13.0. The van der Waals surface area contributed by atoms with Crippen LogP contribution < -0.4 is 15.2 Å². The van der Waals surface area contributed by atoms with Gasteiger partial charge in [-0.15, -0.1) is 0 Å². The van der Waals surface area contributed by atoms with Gasteiger partial charge in [-0.3, -0.25) is 0 Å². The lowest BCUT2D eigenvalue weighted by Crippen LogP contribution is -2.09. The molecule has 2 N–H and O–H groups in total. The van der Waals surface area contributed by atoms with Crippen molar-refractivity contribution in [3.63, 3.8) is 0 Å². The average Bonchev–Trinajstić information content (AvgIpc) is 2.88. The molecule has 0 aliphatic carbocycles. The maximum atomic E-state index is 5.96. The van der Waals surface area contributed by atoms with Gasteiger partial charge in [0.15, 0.2) is 0 Å². The highest BCUT2D eigenvalue weighted by Crippen LogP contribution is 2.33. The van der Waals surface area contributed by atoms with Crippen molar-refractivity contribution in [2.75, 3.05) is 7.11 Å². The van der Waals surface area contributed by atoms with Crippen LogP contribution in [0.4, 0.5) is 0 Å². The summed E-state index contributed by atoms with van der Waals surface area (Å²) in [5.41, 5.74) is 6.82. The van der Waals surface area contributed by atoms with Gasteiger partial charge in [0.2, 0.25) is 0 Å². The van der Waals surface area contributed by atoms with Crippen molar-refractivity contribution in [1.82, 2.24) is 0 Å². The van der Waals surface area contributed by atoms with Crippen LogP contribution >= 0.6 is 0 Å². The van der Waals surface area contributed by atoms with E-state index in [2.05, 4.69) is 0 Å². The van der Waals surface area contributed by atoms with Gasteiger partial charge in [0.25, 0.3) is 0 Å². The quantitative estimate of drug-likeness (QED) is 0.882. The Hall–Kier alpha value is -1.94. The summed E-state index contributed by atoms with van der Waals surface area (Å²) in [5, 5.41) is 0. The zero-order valence-corrected chi connectivity index (χ0v) is 10.6. The summed E-state index contributed by atoms with van der Waals surface area (Å²) < 4.78 is 16.3. The second-order valence-corrected chi connectivity index (χ2v) is 4.03. The summed E-state index contributed by atoms with van der Waals surface area (Å²) in [4.78, 5) is 0. The van der Waals surface area contributed by atoms with E-state index in [1.807, 2.05) is 37.3 Å². The SMILES string of the molecule is COc1cccc(OCc2ccco2)c1[C@H](C)N. The van der Waals surface area contributed by atoms with Crippen LogP contribution in [0.25, 0.3) is 0 Å². The number of benzene rings is 1. The van der Waals surface area contributed by atoms with E-state index >= 15 is 0 Å². The number of methoxy groups -OCH3 is 1. The Labute approximate surface area is 106 Å². The third-order valence-corrected chi connectivity index (χ3v) is 2.65. The molecule has 0 aliphatic rings. The topological polar surface area (TPSA) is 57.6 Å². The fourth-order valence-electron chi connectivity index (χ4n) is 1.82. The van der Waals surface area contributed by atoms with Crippen molar-refractivity contribution in [2.24, 2.45) is 5.73 Å². The Kier molecular flexibility index (Phi) is 3.89. The van der Waals surface area contributed by atoms with E-state index in [0.29, 0.717) is 6.61 Å². The highest BCUT2D eigenvalue weighted by Gasteiger charge is 2.14. The van der Waals surface area contributed by atoms with Gasteiger partial charge < -0.3 is 19.6 Å². The number of hydrogen-bond acceptors (Lipinski definition) is 4. The first-order chi connectivity index (χ1) is 8.72. The van der Waals surface area contributed by atoms with Crippen LogP contribution in [0, 0.1) is 0 Å². The van der Waals surface area contributed by atoms with Crippen LogP contribution in [0.15, 0.2) is 41.0 Å². The largest absolute Gasteiger partial charge is 0.496 e. The third-order valence-electron chi connectivity index (χ3n) is 2.65. The number of hydrogen-bond donors (Lipinski definition) is 1. The van der Waals surface area contributed by atoms with Gasteiger partial charge in [0.1, 0.15) is 23.9 Å². The van der Waals surface area contributed by atoms with E-state index in [0.717, 1.165) is 22.8 Å². The maximum Gasteiger partial charge on any atom is 0.146 e. The van der Waals surface area contributed by atoms with E-state index < -0.39 is 0 Å². The van der Waals surface area contributed by atoms with Gasteiger partial charge in [0.05, 0.1) is 18.9 Å². The van der Waals surface area contributed by atoms with Gasteiger partial charge in [-0.2, -0.15) is 0 Å². The van der Waals surface area contributed by atoms with Crippen molar-refractivity contribution < 1.29 is 13.9 Å². The predicted molar refractivity (Wildman–Crippen MR) is 68.6 cm³/mol. The molecular weight excluding hydrogens is 230 g/mol. The van der Waals surface area contributed by atoms with Crippen molar-refractivity contribution >= 4 is 0 Å². The molecule has 4 heteroatoms. The summed E-state index contributed by atoms with van der Waals surface area (Å²) in [5.74, 6) is 2.23. The lowest BCUT2D eigenvalue weighted by Gasteiger charge is -2.16. The lowest BCUT2D eigenvalue weighted by atomic mass is 10.1. The van der Waals surface area contributed by atoms with Crippen molar-refractivity contribution in [3.8, 4) is 11.5 Å². The fourth-order valence-corrected chi connectivity index (χ4v) is 1.82. The summed E-state index contributed by atoms with van der Waals surface area (Å²) >= 11 is 0. The van der Waals surface area contributed by atoms with Crippen molar-refractivity contribution in [2.45, 2.75) is 19.6 Å². The molecule has 0 unspecified atom stereocenters. The Balaban J connectivity index is 2.21. The first-order valence-corrected chi connectivity index (χ1v) is 5.80. The van der Waals surface area contributed by atoms with E-state index in [9.17, 15) is 0 Å². The molecule has 0 saturated carbocycles. The third kappa shape index (κ3) is 2.65. The second-order valence-electron chi connectivity index (χ2n) is 4.03. The molecule has 18 heavy (non-hydrogen) atoms. The summed E-state index contributed by atoms with van der Waals surface area (Å²) in [6, 6.07) is 9.17. The van der Waals surface area contributed by atoms with E-state index in [-0.39, 0.29) is 6.04 Å². The van der Waals surface area contributed by atoms with Gasteiger partial charge >= 0.3 is 0 Å². The minimum absolute atomic E-state index is 0.159. The first kappa shape index (κ1) is 12.5. The number of rotatable bonds is 5. The number of nitrogens with two attached hydrogens (primary N) is 1. The Bertz CT molecular complexity index is 492. The molecule has 0 spiro atoms. The van der Waals surface area contributed by atoms with Gasteiger partial charge in [-0.05, 0) is 31.2 Å². The average molecular weight is 247 g/mol. The molecule has 1 aromatic heterocycles. The van der Waals surface area contributed by atoms with Crippen molar-refractivity contribution in [1.29, 1.82) is 0 Å². The second kappa shape index (κ2) is 5.60. The zero-order valence-electron chi connectivity index (χ0n) is 10.6. The summed E-state index contributed by atoms with van der Waals surface area (Å²) in [6.45, 7) is 2.28. The van der Waals surface area contributed by atoms with E-state index in [1.165, 1.54) is 0 Å². The molecule has 0 aliphatic heterocycles. The highest BCUT2D eigenvalue weighted by atomic mass is 16.5. The van der Waals surface area contributed by atoms with Gasteiger partial charge in [-0.25, -0.2) is 0 Å². The molecule has 4 nitrogen and oxygen atoms in total. The van der Waals surface area contributed by atoms with Crippen molar-refractivity contribution in [3.05, 3.63) is 47.9 Å². The number of furan rings is 1. The molecule has 96 valence electrons. The minimum atomic E-state index is -0.159. The molecule has 1 heterocycles. The highest BCUT2D eigenvalue weighted by molar-refractivity contribution is 5.46. The first-order valence-electron chi connectivity index (χ1n) is 5.80. The summed E-state index contributed by atoms with van der Waals surface area (Å²) in [7, 11) is 1.62. The number of ether oxygens (including phenoxy) is 2. The Morgan fingerprint density at radius 1 is 1.22 bits per heavy atom. The fraction of sp³-hybridized carbons (Fsp3) is 0.286. The van der Waals surface area contributed by atoms with Crippen LogP contribution in [0.3, 0.4) is 0 Å². The van der Waals surface area contributed by atoms with Crippen LogP contribution in [0.2, 0.25) is 0 Å². The van der Waals surface area contributed by atoms with Crippen LogP contribution in [-0.2, 0) is 6.61 Å². The molecule has 0 fully saturated rings. The Morgan fingerprint density at radius 2 is 2.00 bits per heavy atom. The standard InChI is InChI=1S/C14H17NO3/c1-10(15)14-12(16-2)6-3-7-13(14)18-9-11-5-4-8-17-11/h3-8,10H,9,15H2,1-2H3/t10-/m0/s1. The lowest BCUT2D eigenvalue weighted by molar-refractivity contribution is 0.264. The van der Waals surface area contributed by atoms with E-state index in [4.69, 9.17) is 19.6 Å². The molecule has 0 bridgehead atoms. The molecule has 0 saturated heterocycles. The molecule has 2 rings (SSSR count). The molecular formula is C14H17NO3. The summed E-state index contributed by atoms with van der Waals surface area (Å²) in [6.07, 6.45) is 1.62. The molecule has 1 aromatic carbocycles. The smallest absolute Gasteiger partial charge is 0.146 e. The molecule has 2 aromatic rings. The monoisotopic (exact) mass is 247 g/mol. The van der Waals surface area contributed by atoms with Gasteiger partial charge in [-0.1, -0.05) is 6.07 Å². The molecule has 0 amide bonds. The predicted octanol–water partition coefficient (Wildman–Crippen LogP) is 2.89. The van der Waals surface area contributed by atoms with Crippen LogP contribution in [0.1, 0.15) is 24.3 Å². The maximum absolute atomic E-state index is 5.96. The van der Waals surface area contributed by atoms with E-state index in [1.54, 1.807) is 13.4 Å².